The van der Waals surface area contributed by atoms with Gasteiger partial charge >= 0.3 is 0 Å². The topological polar surface area (TPSA) is 9.23 Å². The third-order valence-corrected chi connectivity index (χ3v) is 2.43. The van der Waals surface area contributed by atoms with Crippen molar-refractivity contribution < 1.29 is 4.74 Å². The van der Waals surface area contributed by atoms with Gasteiger partial charge in [0.2, 0.25) is 0 Å². The highest BCUT2D eigenvalue weighted by atomic mass is 79.9. The van der Waals surface area contributed by atoms with Crippen molar-refractivity contribution in [3.05, 3.63) is 45.4 Å². The van der Waals surface area contributed by atoms with Gasteiger partial charge in [-0.1, -0.05) is 43.3 Å². The van der Waals surface area contributed by atoms with Gasteiger partial charge in [0.15, 0.2) is 0 Å². The van der Waals surface area contributed by atoms with E-state index in [1.807, 2.05) is 18.2 Å². The van der Waals surface area contributed by atoms with Crippen molar-refractivity contribution >= 4 is 31.9 Å². The fraction of sp³-hybridized carbons (Fsp3) is 0.333. The summed E-state index contributed by atoms with van der Waals surface area (Å²) in [5, 5.41) is 0. The first-order chi connectivity index (χ1) is 7.18. The monoisotopic (exact) mass is 332 g/mol. The fourth-order valence-electron chi connectivity index (χ4n) is 1.20. The molecule has 1 nitrogen and oxygen atoms in total. The van der Waals surface area contributed by atoms with Gasteiger partial charge in [-0.05, 0) is 43.3 Å². The first kappa shape index (κ1) is 12.9. The lowest BCUT2D eigenvalue weighted by atomic mass is 10.2. The molecule has 82 valence electrons. The lowest BCUT2D eigenvalue weighted by molar-refractivity contribution is 0.104. The second-order valence-electron chi connectivity index (χ2n) is 3.43. The molecule has 0 saturated carbocycles. The van der Waals surface area contributed by atoms with Gasteiger partial charge in [-0.25, -0.2) is 0 Å². The highest BCUT2D eigenvalue weighted by Crippen LogP contribution is 2.16. The average molecular weight is 334 g/mol. The van der Waals surface area contributed by atoms with Crippen molar-refractivity contribution in [3.8, 4) is 0 Å². The Morgan fingerprint density at radius 1 is 1.33 bits per heavy atom. The van der Waals surface area contributed by atoms with Crippen LogP contribution in [0.15, 0.2) is 39.8 Å². The van der Waals surface area contributed by atoms with Gasteiger partial charge in [-0.2, -0.15) is 0 Å². The molecule has 0 aliphatic heterocycles. The van der Waals surface area contributed by atoms with Crippen LogP contribution < -0.4 is 0 Å². The van der Waals surface area contributed by atoms with Crippen LogP contribution in [0, 0.1) is 5.92 Å². The van der Waals surface area contributed by atoms with Crippen LogP contribution in [0.25, 0.3) is 0 Å². The van der Waals surface area contributed by atoms with Gasteiger partial charge in [0, 0.05) is 0 Å². The molecule has 15 heavy (non-hydrogen) atoms. The number of hydrogen-bond donors (Lipinski definition) is 0. The molecule has 0 fully saturated rings. The molecule has 1 unspecified atom stereocenters. The Morgan fingerprint density at radius 2 is 2.00 bits per heavy atom. The van der Waals surface area contributed by atoms with Gasteiger partial charge in [-0.15, -0.1) is 0 Å². The minimum atomic E-state index is 0.405. The summed E-state index contributed by atoms with van der Waals surface area (Å²) in [5.41, 5.74) is 1.21. The molecule has 1 aromatic rings. The molecule has 0 aromatic heterocycles. The Hall–Kier alpha value is -0.120. The molecule has 0 radical (unpaired) electrons. The minimum Gasteiger partial charge on any atom is -0.376 e. The fourth-order valence-corrected chi connectivity index (χ4v) is 2.10. The lowest BCUT2D eigenvalue weighted by Crippen LogP contribution is -2.03. The van der Waals surface area contributed by atoms with Crippen LogP contribution in [0.2, 0.25) is 0 Å². The predicted octanol–water partition coefficient (Wildman–Crippen LogP) is 4.47. The van der Waals surface area contributed by atoms with Crippen LogP contribution in [0.1, 0.15) is 12.5 Å². The van der Waals surface area contributed by atoms with E-state index in [4.69, 9.17) is 4.74 Å². The number of hydrogen-bond acceptors (Lipinski definition) is 1. The van der Waals surface area contributed by atoms with Gasteiger partial charge in [0.25, 0.3) is 0 Å². The number of ether oxygens (including phenoxy) is 1. The summed E-state index contributed by atoms with van der Waals surface area (Å²) in [6, 6.07) is 10.2. The Kier molecular flexibility index (Phi) is 6.22. The van der Waals surface area contributed by atoms with Crippen molar-refractivity contribution in [2.45, 2.75) is 13.5 Å². The molecular formula is C12H14Br2O. The quantitative estimate of drug-likeness (QED) is 0.772. The number of benzene rings is 1. The molecule has 0 aliphatic rings. The zero-order valence-corrected chi connectivity index (χ0v) is 11.8. The van der Waals surface area contributed by atoms with E-state index in [-0.39, 0.29) is 0 Å². The molecule has 0 saturated heterocycles. The maximum Gasteiger partial charge on any atom is 0.0717 e. The second kappa shape index (κ2) is 7.20. The highest BCUT2D eigenvalue weighted by Gasteiger charge is 1.99. The van der Waals surface area contributed by atoms with Gasteiger partial charge in [0.1, 0.15) is 0 Å². The second-order valence-corrected chi connectivity index (χ2v) is 6.21. The zero-order chi connectivity index (χ0) is 11.1. The Bertz CT molecular complexity index is 305. The molecule has 1 rings (SSSR count). The largest absolute Gasteiger partial charge is 0.376 e. The highest BCUT2D eigenvalue weighted by molar-refractivity contribution is 9.28. The smallest absolute Gasteiger partial charge is 0.0717 e. The first-order valence-electron chi connectivity index (χ1n) is 4.83. The molecule has 1 atom stereocenters. The van der Waals surface area contributed by atoms with Crippen LogP contribution in [-0.2, 0) is 11.3 Å². The van der Waals surface area contributed by atoms with Crippen molar-refractivity contribution in [1.82, 2.24) is 0 Å². The summed E-state index contributed by atoms with van der Waals surface area (Å²) in [5.74, 6) is 0.405. The summed E-state index contributed by atoms with van der Waals surface area (Å²) in [4.78, 5) is 0. The molecule has 0 heterocycles. The third kappa shape index (κ3) is 6.13. The van der Waals surface area contributed by atoms with Gasteiger partial charge in [-0.3, -0.25) is 0 Å². The summed E-state index contributed by atoms with van der Waals surface area (Å²) < 4.78 is 6.57. The standard InChI is InChI=1S/C12H14Br2O/c1-10(7-12(13)14)8-15-9-11-5-3-2-4-6-11/h2-7,10H,8-9H2,1H3. The Balaban J connectivity index is 2.25. The Morgan fingerprint density at radius 3 is 2.60 bits per heavy atom. The summed E-state index contributed by atoms with van der Waals surface area (Å²) in [6.07, 6.45) is 2.07. The lowest BCUT2D eigenvalue weighted by Gasteiger charge is -2.07. The van der Waals surface area contributed by atoms with Crippen LogP contribution >= 0.6 is 31.9 Å². The van der Waals surface area contributed by atoms with E-state index in [0.29, 0.717) is 12.5 Å². The zero-order valence-electron chi connectivity index (χ0n) is 8.62. The average Bonchev–Trinajstić information content (AvgIpc) is 2.18. The maximum atomic E-state index is 5.60. The van der Waals surface area contributed by atoms with E-state index < -0.39 is 0 Å². The van der Waals surface area contributed by atoms with Crippen molar-refractivity contribution in [2.75, 3.05) is 6.61 Å². The van der Waals surface area contributed by atoms with Crippen molar-refractivity contribution in [1.29, 1.82) is 0 Å². The van der Waals surface area contributed by atoms with Crippen LogP contribution in [-0.4, -0.2) is 6.61 Å². The van der Waals surface area contributed by atoms with Crippen molar-refractivity contribution in [3.63, 3.8) is 0 Å². The molecular weight excluding hydrogens is 320 g/mol. The van der Waals surface area contributed by atoms with Crippen LogP contribution in [0.3, 0.4) is 0 Å². The van der Waals surface area contributed by atoms with E-state index in [1.165, 1.54) is 5.56 Å². The third-order valence-electron chi connectivity index (χ3n) is 1.90. The first-order valence-corrected chi connectivity index (χ1v) is 6.41. The van der Waals surface area contributed by atoms with Crippen LogP contribution in [0.4, 0.5) is 0 Å². The van der Waals surface area contributed by atoms with E-state index in [2.05, 4.69) is 57.0 Å². The molecule has 0 bridgehead atoms. The number of rotatable bonds is 5. The molecule has 1 aromatic carbocycles. The molecule has 0 N–H and O–H groups in total. The van der Waals surface area contributed by atoms with E-state index in [9.17, 15) is 0 Å². The normalized spacial score (nSPS) is 12.2. The molecule has 0 aliphatic carbocycles. The van der Waals surface area contributed by atoms with Gasteiger partial charge in [0.05, 0.1) is 16.6 Å². The summed E-state index contributed by atoms with van der Waals surface area (Å²) >= 11 is 6.67. The molecule has 0 amide bonds. The minimum absolute atomic E-state index is 0.405. The number of halogens is 2. The maximum absolute atomic E-state index is 5.60. The van der Waals surface area contributed by atoms with E-state index >= 15 is 0 Å². The van der Waals surface area contributed by atoms with E-state index in [1.54, 1.807) is 0 Å². The summed E-state index contributed by atoms with van der Waals surface area (Å²) in [7, 11) is 0. The predicted molar refractivity (Wildman–Crippen MR) is 71.2 cm³/mol. The SMILES string of the molecule is CC(C=C(Br)Br)COCc1ccccc1. The van der Waals surface area contributed by atoms with Crippen molar-refractivity contribution in [2.24, 2.45) is 5.92 Å². The van der Waals surface area contributed by atoms with Crippen LogP contribution in [0.5, 0.6) is 0 Å². The molecule has 0 spiro atoms. The van der Waals surface area contributed by atoms with Gasteiger partial charge < -0.3 is 4.74 Å². The summed E-state index contributed by atoms with van der Waals surface area (Å²) in [6.45, 7) is 3.53. The Labute approximate surface area is 108 Å². The van der Waals surface area contributed by atoms with E-state index in [0.717, 1.165) is 10.00 Å². The molecule has 3 heteroatoms.